The number of benzene rings is 2. The fourth-order valence-corrected chi connectivity index (χ4v) is 4.22. The minimum absolute atomic E-state index is 0.0231. The Morgan fingerprint density at radius 2 is 1.03 bits per heavy atom. The first-order valence-electron chi connectivity index (χ1n) is 10.7. The van der Waals surface area contributed by atoms with Crippen molar-refractivity contribution >= 4 is 11.8 Å². The Labute approximate surface area is 175 Å². The van der Waals surface area contributed by atoms with Crippen LogP contribution in [0.4, 0.5) is 0 Å². The number of aliphatic hydroxyl groups is 2. The Kier molecular flexibility index (Phi) is 4.83. The predicted molar refractivity (Wildman–Crippen MR) is 110 cm³/mol. The number of fused-ring (bicyclic) bond motifs is 2. The molecule has 2 amide bonds. The van der Waals surface area contributed by atoms with Crippen LogP contribution in [0.2, 0.25) is 0 Å². The van der Waals surface area contributed by atoms with Gasteiger partial charge in [-0.3, -0.25) is 9.59 Å². The van der Waals surface area contributed by atoms with Gasteiger partial charge in [-0.1, -0.05) is 36.4 Å². The summed E-state index contributed by atoms with van der Waals surface area (Å²) in [5.41, 5.74) is 2.82. The number of hydrogen-bond acceptors (Lipinski definition) is 4. The van der Waals surface area contributed by atoms with Gasteiger partial charge in [0.1, 0.15) is 0 Å². The largest absolute Gasteiger partial charge is 0.369 e. The van der Waals surface area contributed by atoms with Gasteiger partial charge in [-0.15, -0.1) is 0 Å². The van der Waals surface area contributed by atoms with Gasteiger partial charge in [-0.2, -0.15) is 0 Å². The highest BCUT2D eigenvalue weighted by atomic mass is 16.3. The summed E-state index contributed by atoms with van der Waals surface area (Å²) >= 11 is 0. The molecule has 0 saturated heterocycles. The van der Waals surface area contributed by atoms with E-state index in [0.717, 1.165) is 11.1 Å². The molecule has 0 spiro atoms. The lowest BCUT2D eigenvalue weighted by Gasteiger charge is -2.20. The summed E-state index contributed by atoms with van der Waals surface area (Å²) in [6, 6.07) is 14.6. The molecular formula is C24H26N2O4. The topological polar surface area (TPSA) is 81.1 Å². The quantitative estimate of drug-likeness (QED) is 0.818. The Balaban J connectivity index is 0.000000128. The second-order valence-corrected chi connectivity index (χ2v) is 8.72. The van der Waals surface area contributed by atoms with E-state index in [1.807, 2.05) is 36.4 Å². The molecule has 2 aromatic carbocycles. The molecular weight excluding hydrogens is 380 g/mol. The third-order valence-electron chi connectivity index (χ3n) is 6.35. The van der Waals surface area contributed by atoms with Gasteiger partial charge in [0.25, 0.3) is 11.8 Å². The maximum Gasteiger partial charge on any atom is 0.256 e. The highest BCUT2D eigenvalue weighted by Crippen LogP contribution is 2.38. The Hall–Kier alpha value is -2.70. The summed E-state index contributed by atoms with van der Waals surface area (Å²) < 4.78 is 0. The number of carbonyl (C=O) groups is 2. The molecule has 2 aliphatic carbocycles. The van der Waals surface area contributed by atoms with Crippen molar-refractivity contribution in [3.63, 3.8) is 0 Å². The second-order valence-electron chi connectivity index (χ2n) is 8.72. The van der Waals surface area contributed by atoms with Gasteiger partial charge < -0.3 is 20.0 Å². The summed E-state index contributed by atoms with van der Waals surface area (Å²) in [4.78, 5) is 27.0. The number of carbonyl (C=O) groups excluding carboxylic acids is 2. The lowest BCUT2D eigenvalue weighted by molar-refractivity contribution is 0.0148. The molecule has 0 bridgehead atoms. The van der Waals surface area contributed by atoms with Crippen LogP contribution in [0, 0.1) is 11.8 Å². The van der Waals surface area contributed by atoms with Crippen molar-refractivity contribution in [2.75, 3.05) is 13.1 Å². The summed E-state index contributed by atoms with van der Waals surface area (Å²) in [7, 11) is 0. The standard InChI is InChI=1S/2C12H13NO2/c2*14-11-9-3-1-2-4-10(9)12(15)13(11)7-8-5-6-8/h2*1-4,8,11,14H,5-7H2. The zero-order valence-electron chi connectivity index (χ0n) is 16.8. The summed E-state index contributed by atoms with van der Waals surface area (Å²) in [5, 5.41) is 20.0. The second kappa shape index (κ2) is 7.52. The number of rotatable bonds is 4. The molecule has 4 aliphatic rings. The molecule has 2 aromatic rings. The third-order valence-corrected chi connectivity index (χ3v) is 6.35. The van der Waals surface area contributed by atoms with Gasteiger partial charge in [0.05, 0.1) is 0 Å². The molecule has 156 valence electrons. The third kappa shape index (κ3) is 3.50. The number of amides is 2. The van der Waals surface area contributed by atoms with Crippen molar-refractivity contribution in [3.05, 3.63) is 70.8 Å². The van der Waals surface area contributed by atoms with E-state index in [1.165, 1.54) is 25.7 Å². The summed E-state index contributed by atoms with van der Waals surface area (Å²) in [5.74, 6) is 1.17. The van der Waals surface area contributed by atoms with Gasteiger partial charge >= 0.3 is 0 Å². The van der Waals surface area contributed by atoms with Crippen LogP contribution in [-0.4, -0.2) is 44.9 Å². The average Bonchev–Trinajstić information content (AvgIpc) is 3.69. The molecule has 6 rings (SSSR count). The first-order valence-corrected chi connectivity index (χ1v) is 10.7. The lowest BCUT2D eigenvalue weighted by atomic mass is 10.1. The maximum atomic E-state index is 11.9. The van der Waals surface area contributed by atoms with Gasteiger partial charge in [0, 0.05) is 35.3 Å². The first-order chi connectivity index (χ1) is 14.5. The SMILES string of the molecule is O=C1c2ccccc2C(O)N1CC1CC1.O=C1c2ccccc2C(O)N1CC1CC1. The van der Waals surface area contributed by atoms with E-state index < -0.39 is 12.5 Å². The van der Waals surface area contributed by atoms with E-state index >= 15 is 0 Å². The summed E-state index contributed by atoms with van der Waals surface area (Å²) in [6.45, 7) is 1.41. The van der Waals surface area contributed by atoms with Crippen molar-refractivity contribution < 1.29 is 19.8 Å². The van der Waals surface area contributed by atoms with Crippen molar-refractivity contribution in [2.45, 2.75) is 38.1 Å². The van der Waals surface area contributed by atoms with Crippen molar-refractivity contribution in [1.29, 1.82) is 0 Å². The van der Waals surface area contributed by atoms with Crippen LogP contribution in [0.3, 0.4) is 0 Å². The van der Waals surface area contributed by atoms with Crippen molar-refractivity contribution in [2.24, 2.45) is 11.8 Å². The highest BCUT2D eigenvalue weighted by Gasteiger charge is 2.39. The highest BCUT2D eigenvalue weighted by molar-refractivity contribution is 5.99. The molecule has 2 unspecified atom stereocenters. The Bertz CT molecular complexity index is 903. The molecule has 2 fully saturated rings. The molecule has 6 heteroatoms. The number of hydrogen-bond donors (Lipinski definition) is 2. The lowest BCUT2D eigenvalue weighted by Crippen LogP contribution is -2.29. The molecule has 2 aliphatic heterocycles. The average molecular weight is 406 g/mol. The van der Waals surface area contributed by atoms with Crippen molar-refractivity contribution in [3.8, 4) is 0 Å². The number of aliphatic hydroxyl groups excluding tert-OH is 2. The van der Waals surface area contributed by atoms with Crippen molar-refractivity contribution in [1.82, 2.24) is 9.80 Å². The molecule has 2 saturated carbocycles. The van der Waals surface area contributed by atoms with Crippen LogP contribution in [-0.2, 0) is 0 Å². The normalized spacial score (nSPS) is 24.5. The summed E-state index contributed by atoms with van der Waals surface area (Å²) in [6.07, 6.45) is 3.29. The minimum Gasteiger partial charge on any atom is -0.369 e. The van der Waals surface area contributed by atoms with E-state index in [0.29, 0.717) is 36.1 Å². The van der Waals surface area contributed by atoms with E-state index in [-0.39, 0.29) is 11.8 Å². The Morgan fingerprint density at radius 3 is 1.37 bits per heavy atom. The molecule has 30 heavy (non-hydrogen) atoms. The molecule has 0 radical (unpaired) electrons. The van der Waals surface area contributed by atoms with Gasteiger partial charge in [0.15, 0.2) is 12.5 Å². The molecule has 2 heterocycles. The number of nitrogens with zero attached hydrogens (tertiary/aromatic N) is 2. The van der Waals surface area contributed by atoms with E-state index in [2.05, 4.69) is 0 Å². The van der Waals surface area contributed by atoms with Crippen LogP contribution in [0.25, 0.3) is 0 Å². The van der Waals surface area contributed by atoms with E-state index in [1.54, 1.807) is 21.9 Å². The monoisotopic (exact) mass is 406 g/mol. The fourth-order valence-electron chi connectivity index (χ4n) is 4.22. The Morgan fingerprint density at radius 1 is 0.667 bits per heavy atom. The van der Waals surface area contributed by atoms with Gasteiger partial charge in [0.2, 0.25) is 0 Å². The van der Waals surface area contributed by atoms with Crippen LogP contribution in [0.5, 0.6) is 0 Å². The molecule has 0 aromatic heterocycles. The van der Waals surface area contributed by atoms with Crippen LogP contribution >= 0.6 is 0 Å². The predicted octanol–water partition coefficient (Wildman–Crippen LogP) is 3.09. The van der Waals surface area contributed by atoms with Crippen LogP contribution in [0.15, 0.2) is 48.5 Å². The van der Waals surface area contributed by atoms with Gasteiger partial charge in [-0.05, 0) is 49.7 Å². The first kappa shape index (κ1) is 19.3. The van der Waals surface area contributed by atoms with Gasteiger partial charge in [-0.25, -0.2) is 0 Å². The molecule has 2 atom stereocenters. The van der Waals surface area contributed by atoms with Crippen LogP contribution in [0.1, 0.15) is 70.0 Å². The zero-order chi connectivity index (χ0) is 20.8. The maximum absolute atomic E-state index is 11.9. The fraction of sp³-hybridized carbons (Fsp3) is 0.417. The molecule has 6 nitrogen and oxygen atoms in total. The minimum atomic E-state index is -0.728. The van der Waals surface area contributed by atoms with Crippen LogP contribution < -0.4 is 0 Å². The van der Waals surface area contributed by atoms with E-state index in [9.17, 15) is 19.8 Å². The smallest absolute Gasteiger partial charge is 0.256 e. The van der Waals surface area contributed by atoms with E-state index in [4.69, 9.17) is 0 Å². The zero-order valence-corrected chi connectivity index (χ0v) is 16.8. The molecule has 2 N–H and O–H groups in total.